The molecule has 0 amide bonds. The maximum absolute atomic E-state index is 4.05. The van der Waals surface area contributed by atoms with Crippen LogP contribution < -0.4 is 0 Å². The van der Waals surface area contributed by atoms with Crippen molar-refractivity contribution in [1.29, 1.82) is 0 Å². The van der Waals surface area contributed by atoms with E-state index in [1.54, 1.807) is 6.20 Å². The average molecular weight is 224 g/mol. The molecule has 0 bridgehead atoms. The summed E-state index contributed by atoms with van der Waals surface area (Å²) < 4.78 is 0. The van der Waals surface area contributed by atoms with Crippen LogP contribution in [0.3, 0.4) is 0 Å². The zero-order valence-corrected chi connectivity index (χ0v) is 12.0. The Balaban J connectivity index is 0. The van der Waals surface area contributed by atoms with Crippen molar-refractivity contribution >= 4 is 0 Å². The third-order valence-electron chi connectivity index (χ3n) is 2.30. The van der Waals surface area contributed by atoms with Crippen molar-refractivity contribution in [1.82, 2.24) is 10.2 Å². The molecule has 0 aliphatic carbocycles. The van der Waals surface area contributed by atoms with Gasteiger partial charge >= 0.3 is 0 Å². The first kappa shape index (κ1) is 17.5. The predicted molar refractivity (Wildman–Crippen MR) is 72.4 cm³/mol. The van der Waals surface area contributed by atoms with Gasteiger partial charge in [0.05, 0.1) is 5.69 Å². The molecule has 0 saturated heterocycles. The second kappa shape index (κ2) is 12.2. The first-order valence-electron chi connectivity index (χ1n) is 6.46. The van der Waals surface area contributed by atoms with Gasteiger partial charge in [-0.1, -0.05) is 48.5 Å². The summed E-state index contributed by atoms with van der Waals surface area (Å²) in [5.41, 5.74) is 1.10. The van der Waals surface area contributed by atoms with Crippen LogP contribution in [0.2, 0.25) is 0 Å². The SMILES string of the molecule is CC.CC.CC(C)C(C)Cc1cccnn1. The summed E-state index contributed by atoms with van der Waals surface area (Å²) in [6, 6.07) is 3.97. The summed E-state index contributed by atoms with van der Waals surface area (Å²) in [5.74, 6) is 1.40. The molecule has 0 aliphatic heterocycles. The van der Waals surface area contributed by atoms with Crippen LogP contribution in [0.15, 0.2) is 18.3 Å². The standard InChI is InChI=1S/C10H16N2.2C2H6/c1-8(2)9(3)7-10-5-4-6-11-12-10;2*1-2/h4-6,8-9H,7H2,1-3H3;2*1-2H3. The van der Waals surface area contributed by atoms with Gasteiger partial charge in [0, 0.05) is 6.20 Å². The highest BCUT2D eigenvalue weighted by Gasteiger charge is 2.08. The summed E-state index contributed by atoms with van der Waals surface area (Å²) in [6.45, 7) is 14.7. The van der Waals surface area contributed by atoms with Gasteiger partial charge in [0.15, 0.2) is 0 Å². The number of hydrogen-bond acceptors (Lipinski definition) is 2. The monoisotopic (exact) mass is 224 g/mol. The van der Waals surface area contributed by atoms with Crippen molar-refractivity contribution in [2.45, 2.75) is 54.9 Å². The van der Waals surface area contributed by atoms with E-state index < -0.39 is 0 Å². The lowest BCUT2D eigenvalue weighted by atomic mass is 9.93. The van der Waals surface area contributed by atoms with Crippen molar-refractivity contribution in [3.8, 4) is 0 Å². The number of nitrogens with zero attached hydrogens (tertiary/aromatic N) is 2. The minimum Gasteiger partial charge on any atom is -0.159 e. The zero-order valence-electron chi connectivity index (χ0n) is 12.0. The summed E-state index contributed by atoms with van der Waals surface area (Å²) >= 11 is 0. The van der Waals surface area contributed by atoms with Crippen molar-refractivity contribution in [2.75, 3.05) is 0 Å². The molecular weight excluding hydrogens is 196 g/mol. The molecule has 1 heterocycles. The van der Waals surface area contributed by atoms with Gasteiger partial charge in [0.1, 0.15) is 0 Å². The van der Waals surface area contributed by atoms with Gasteiger partial charge in [-0.2, -0.15) is 10.2 Å². The van der Waals surface area contributed by atoms with Gasteiger partial charge in [-0.25, -0.2) is 0 Å². The molecule has 0 saturated carbocycles. The zero-order chi connectivity index (χ0) is 13.0. The third-order valence-corrected chi connectivity index (χ3v) is 2.30. The Labute approximate surface area is 102 Å². The van der Waals surface area contributed by atoms with Gasteiger partial charge in [-0.15, -0.1) is 0 Å². The van der Waals surface area contributed by atoms with Crippen molar-refractivity contribution in [2.24, 2.45) is 11.8 Å². The predicted octanol–water partition coefficient (Wildman–Crippen LogP) is 4.36. The fourth-order valence-corrected chi connectivity index (χ4v) is 1.01. The Hall–Kier alpha value is -0.920. The van der Waals surface area contributed by atoms with Crippen LogP contribution in [-0.2, 0) is 6.42 Å². The number of hydrogen-bond donors (Lipinski definition) is 0. The van der Waals surface area contributed by atoms with Crippen LogP contribution in [-0.4, -0.2) is 10.2 Å². The van der Waals surface area contributed by atoms with E-state index in [9.17, 15) is 0 Å². The van der Waals surface area contributed by atoms with E-state index in [0.717, 1.165) is 12.1 Å². The summed E-state index contributed by atoms with van der Waals surface area (Å²) in [5, 5.41) is 7.90. The highest BCUT2D eigenvalue weighted by Crippen LogP contribution is 2.14. The molecule has 1 aromatic rings. The van der Waals surface area contributed by atoms with Crippen LogP contribution in [0.4, 0.5) is 0 Å². The second-order valence-corrected chi connectivity index (χ2v) is 3.64. The van der Waals surface area contributed by atoms with Crippen LogP contribution in [0.25, 0.3) is 0 Å². The molecular formula is C14H28N2. The van der Waals surface area contributed by atoms with Crippen LogP contribution in [0, 0.1) is 11.8 Å². The molecule has 1 unspecified atom stereocenters. The molecule has 1 atom stereocenters. The van der Waals surface area contributed by atoms with Crippen LogP contribution in [0.1, 0.15) is 54.2 Å². The first-order chi connectivity index (χ1) is 7.70. The van der Waals surface area contributed by atoms with Crippen molar-refractivity contribution < 1.29 is 0 Å². The minimum atomic E-state index is 0.682. The second-order valence-electron chi connectivity index (χ2n) is 3.64. The van der Waals surface area contributed by atoms with Gasteiger partial charge in [0.2, 0.25) is 0 Å². The van der Waals surface area contributed by atoms with Crippen LogP contribution >= 0.6 is 0 Å². The minimum absolute atomic E-state index is 0.682. The molecule has 0 aromatic carbocycles. The van der Waals surface area contributed by atoms with Gasteiger partial charge in [-0.3, -0.25) is 0 Å². The summed E-state index contributed by atoms with van der Waals surface area (Å²) in [4.78, 5) is 0. The molecule has 0 spiro atoms. The Morgan fingerprint density at radius 2 is 1.62 bits per heavy atom. The Morgan fingerprint density at radius 3 is 2.00 bits per heavy atom. The molecule has 0 radical (unpaired) electrons. The lowest BCUT2D eigenvalue weighted by Gasteiger charge is -2.13. The van der Waals surface area contributed by atoms with E-state index in [2.05, 4.69) is 31.0 Å². The largest absolute Gasteiger partial charge is 0.159 e. The molecule has 1 aromatic heterocycles. The highest BCUT2D eigenvalue weighted by molar-refractivity contribution is 4.99. The Kier molecular flexibility index (Phi) is 13.3. The Bertz CT molecular complexity index is 219. The van der Waals surface area contributed by atoms with E-state index in [-0.39, 0.29) is 0 Å². The lowest BCUT2D eigenvalue weighted by Crippen LogP contribution is -2.08. The molecule has 16 heavy (non-hydrogen) atoms. The van der Waals surface area contributed by atoms with E-state index in [4.69, 9.17) is 0 Å². The molecule has 2 nitrogen and oxygen atoms in total. The molecule has 1 rings (SSSR count). The molecule has 0 aliphatic rings. The Morgan fingerprint density at radius 1 is 1.06 bits per heavy atom. The topological polar surface area (TPSA) is 25.8 Å². The van der Waals surface area contributed by atoms with Crippen molar-refractivity contribution in [3.05, 3.63) is 24.0 Å². The van der Waals surface area contributed by atoms with Crippen molar-refractivity contribution in [3.63, 3.8) is 0 Å². The maximum Gasteiger partial charge on any atom is 0.0633 e. The highest BCUT2D eigenvalue weighted by atomic mass is 15.1. The molecule has 0 N–H and O–H groups in total. The van der Waals surface area contributed by atoms with Gasteiger partial charge in [-0.05, 0) is 30.4 Å². The molecule has 94 valence electrons. The van der Waals surface area contributed by atoms with Gasteiger partial charge in [0.25, 0.3) is 0 Å². The van der Waals surface area contributed by atoms with E-state index in [1.807, 2.05) is 39.8 Å². The first-order valence-corrected chi connectivity index (χ1v) is 6.46. The molecule has 0 fully saturated rings. The normalized spacial score (nSPS) is 10.8. The smallest absolute Gasteiger partial charge is 0.0633 e. The van der Waals surface area contributed by atoms with Gasteiger partial charge < -0.3 is 0 Å². The third kappa shape index (κ3) is 8.39. The van der Waals surface area contributed by atoms with E-state index >= 15 is 0 Å². The fraction of sp³-hybridized carbons (Fsp3) is 0.714. The number of aromatic nitrogens is 2. The maximum atomic E-state index is 4.05. The average Bonchev–Trinajstić information content (AvgIpc) is 2.35. The quantitative estimate of drug-likeness (QED) is 0.762. The summed E-state index contributed by atoms with van der Waals surface area (Å²) in [6.07, 6.45) is 2.75. The fourth-order valence-electron chi connectivity index (χ4n) is 1.01. The summed E-state index contributed by atoms with van der Waals surface area (Å²) in [7, 11) is 0. The van der Waals surface area contributed by atoms with E-state index in [0.29, 0.717) is 11.8 Å². The molecule has 2 heteroatoms. The lowest BCUT2D eigenvalue weighted by molar-refractivity contribution is 0.412. The van der Waals surface area contributed by atoms with E-state index in [1.165, 1.54) is 0 Å². The number of rotatable bonds is 3. The van der Waals surface area contributed by atoms with Crippen LogP contribution in [0.5, 0.6) is 0 Å².